The van der Waals surface area contributed by atoms with Gasteiger partial charge >= 0.3 is 0 Å². The molecule has 1 aliphatic heterocycles. The third-order valence-electron chi connectivity index (χ3n) is 3.52. The molecule has 1 saturated heterocycles. The van der Waals surface area contributed by atoms with Gasteiger partial charge in [0.05, 0.1) is 0 Å². The van der Waals surface area contributed by atoms with Crippen LogP contribution < -0.4 is 0 Å². The number of ketones is 1. The minimum absolute atomic E-state index is 0. The Morgan fingerprint density at radius 1 is 1.53 bits per heavy atom. The SMILES string of the molecule is Cl.O=C(CCN1CCCC(CO)C1)Cc1cccs1. The minimum Gasteiger partial charge on any atom is -0.396 e. The Hall–Kier alpha value is -0.420. The molecule has 5 heteroatoms. The summed E-state index contributed by atoms with van der Waals surface area (Å²) in [5.74, 6) is 0.731. The van der Waals surface area contributed by atoms with Crippen molar-refractivity contribution in [3.8, 4) is 0 Å². The van der Waals surface area contributed by atoms with Crippen LogP contribution in [0.2, 0.25) is 0 Å². The molecule has 2 heterocycles. The number of aliphatic hydroxyl groups excluding tert-OH is 1. The number of rotatable bonds is 6. The number of carbonyl (C=O) groups is 1. The van der Waals surface area contributed by atoms with Crippen LogP contribution in [0.3, 0.4) is 0 Å². The van der Waals surface area contributed by atoms with Gasteiger partial charge < -0.3 is 10.0 Å². The number of piperidine rings is 1. The first kappa shape index (κ1) is 16.6. The highest BCUT2D eigenvalue weighted by molar-refractivity contribution is 7.10. The van der Waals surface area contributed by atoms with Crippen LogP contribution >= 0.6 is 23.7 Å². The van der Waals surface area contributed by atoms with Crippen LogP contribution in [0.25, 0.3) is 0 Å². The summed E-state index contributed by atoms with van der Waals surface area (Å²) < 4.78 is 0. The lowest BCUT2D eigenvalue weighted by molar-refractivity contribution is -0.118. The molecule has 0 bridgehead atoms. The van der Waals surface area contributed by atoms with Gasteiger partial charge in [0, 0.05) is 37.4 Å². The molecule has 1 unspecified atom stereocenters. The maximum absolute atomic E-state index is 11.8. The standard InChI is InChI=1S/C14H21NO2S.ClH/c16-11-12-3-1-6-15(10-12)7-5-13(17)9-14-4-2-8-18-14;/h2,4,8,12,16H,1,3,5-7,9-11H2;1H. The minimum atomic E-state index is 0. The second-order valence-electron chi connectivity index (χ2n) is 5.04. The molecule has 0 amide bonds. The fraction of sp³-hybridized carbons (Fsp3) is 0.643. The predicted octanol–water partition coefficient (Wildman–Crippen LogP) is 2.38. The van der Waals surface area contributed by atoms with Crippen LogP contribution in [-0.2, 0) is 11.2 Å². The van der Waals surface area contributed by atoms with Crippen molar-refractivity contribution in [2.75, 3.05) is 26.2 Å². The van der Waals surface area contributed by atoms with Gasteiger partial charge in [0.15, 0.2) is 0 Å². The Labute approximate surface area is 125 Å². The van der Waals surface area contributed by atoms with E-state index in [9.17, 15) is 4.79 Å². The summed E-state index contributed by atoms with van der Waals surface area (Å²) in [4.78, 5) is 15.3. The predicted molar refractivity (Wildman–Crippen MR) is 81.1 cm³/mol. The average molecular weight is 304 g/mol. The highest BCUT2D eigenvalue weighted by Gasteiger charge is 2.19. The van der Waals surface area contributed by atoms with E-state index in [1.807, 2.05) is 17.5 Å². The highest BCUT2D eigenvalue weighted by Crippen LogP contribution is 2.16. The monoisotopic (exact) mass is 303 g/mol. The fourth-order valence-corrected chi connectivity index (χ4v) is 3.22. The summed E-state index contributed by atoms with van der Waals surface area (Å²) in [5.41, 5.74) is 0. The summed E-state index contributed by atoms with van der Waals surface area (Å²) in [7, 11) is 0. The highest BCUT2D eigenvalue weighted by atomic mass is 35.5. The second kappa shape index (κ2) is 8.69. The fourth-order valence-electron chi connectivity index (χ4n) is 2.48. The van der Waals surface area contributed by atoms with Crippen LogP contribution in [0, 0.1) is 5.92 Å². The van der Waals surface area contributed by atoms with Gasteiger partial charge in [-0.25, -0.2) is 0 Å². The summed E-state index contributed by atoms with van der Waals surface area (Å²) in [6, 6.07) is 4.01. The van der Waals surface area contributed by atoms with E-state index in [1.54, 1.807) is 11.3 Å². The van der Waals surface area contributed by atoms with Gasteiger partial charge in [0.2, 0.25) is 0 Å². The van der Waals surface area contributed by atoms with Crippen LogP contribution in [0.1, 0.15) is 24.1 Å². The summed E-state index contributed by atoms with van der Waals surface area (Å²) in [6.45, 7) is 3.14. The second-order valence-corrected chi connectivity index (χ2v) is 6.07. The van der Waals surface area contributed by atoms with Crippen molar-refractivity contribution >= 4 is 29.5 Å². The molecule has 2 rings (SSSR count). The van der Waals surface area contributed by atoms with Crippen molar-refractivity contribution < 1.29 is 9.90 Å². The molecule has 0 aliphatic carbocycles. The molecule has 0 spiro atoms. The van der Waals surface area contributed by atoms with E-state index in [2.05, 4.69) is 4.90 Å². The van der Waals surface area contributed by atoms with E-state index in [0.717, 1.165) is 37.4 Å². The van der Waals surface area contributed by atoms with Crippen molar-refractivity contribution in [2.45, 2.75) is 25.7 Å². The zero-order valence-corrected chi connectivity index (χ0v) is 12.7. The molecule has 1 aromatic rings. The summed E-state index contributed by atoms with van der Waals surface area (Å²) >= 11 is 1.65. The molecule has 3 nitrogen and oxygen atoms in total. The number of hydrogen-bond acceptors (Lipinski definition) is 4. The van der Waals surface area contributed by atoms with Crippen molar-refractivity contribution in [1.82, 2.24) is 4.90 Å². The lowest BCUT2D eigenvalue weighted by Gasteiger charge is -2.31. The number of carbonyl (C=O) groups excluding carboxylic acids is 1. The van der Waals surface area contributed by atoms with E-state index < -0.39 is 0 Å². The topological polar surface area (TPSA) is 40.5 Å². The third kappa shape index (κ3) is 5.61. The lowest BCUT2D eigenvalue weighted by Crippen LogP contribution is -2.38. The van der Waals surface area contributed by atoms with Gasteiger partial charge in [-0.15, -0.1) is 23.7 Å². The molecule has 108 valence electrons. The zero-order chi connectivity index (χ0) is 12.8. The molecule has 0 radical (unpaired) electrons. The number of nitrogens with zero attached hydrogens (tertiary/aromatic N) is 1. The van der Waals surface area contributed by atoms with Crippen LogP contribution in [0.4, 0.5) is 0 Å². The Kier molecular flexibility index (Phi) is 7.61. The number of halogens is 1. The Bertz CT molecular complexity index is 370. The third-order valence-corrected chi connectivity index (χ3v) is 4.40. The van der Waals surface area contributed by atoms with Crippen molar-refractivity contribution in [3.05, 3.63) is 22.4 Å². The summed E-state index contributed by atoms with van der Waals surface area (Å²) in [6.07, 6.45) is 3.48. The first-order chi connectivity index (χ1) is 8.78. The number of hydrogen-bond donors (Lipinski definition) is 1. The van der Waals surface area contributed by atoms with Gasteiger partial charge in [-0.2, -0.15) is 0 Å². The van der Waals surface area contributed by atoms with Gasteiger partial charge in [0.1, 0.15) is 5.78 Å². The van der Waals surface area contributed by atoms with Crippen LogP contribution in [-0.4, -0.2) is 42.0 Å². The summed E-state index contributed by atoms with van der Waals surface area (Å²) in [5, 5.41) is 11.2. The molecule has 1 N–H and O–H groups in total. The first-order valence-electron chi connectivity index (χ1n) is 6.65. The Morgan fingerprint density at radius 3 is 3.05 bits per heavy atom. The number of likely N-dealkylation sites (tertiary alicyclic amines) is 1. The van der Waals surface area contributed by atoms with Gasteiger partial charge in [0.25, 0.3) is 0 Å². The molecule has 0 saturated carbocycles. The number of thiophene rings is 1. The zero-order valence-electron chi connectivity index (χ0n) is 11.1. The maximum atomic E-state index is 11.8. The molecular weight excluding hydrogens is 282 g/mol. The van der Waals surface area contributed by atoms with Gasteiger partial charge in [-0.3, -0.25) is 4.79 Å². The van der Waals surface area contributed by atoms with E-state index in [1.165, 1.54) is 0 Å². The van der Waals surface area contributed by atoms with E-state index >= 15 is 0 Å². The van der Waals surface area contributed by atoms with Crippen molar-refractivity contribution in [2.24, 2.45) is 5.92 Å². The van der Waals surface area contributed by atoms with E-state index in [4.69, 9.17) is 5.11 Å². The molecule has 1 aromatic heterocycles. The molecule has 1 aliphatic rings. The number of aliphatic hydroxyl groups is 1. The molecule has 0 aromatic carbocycles. The van der Waals surface area contributed by atoms with E-state index in [0.29, 0.717) is 24.5 Å². The van der Waals surface area contributed by atoms with Gasteiger partial charge in [-0.1, -0.05) is 6.07 Å². The Balaban J connectivity index is 0.00000180. The number of Topliss-reactive ketones (excluding diaryl/α,β-unsaturated/α-hetero) is 1. The maximum Gasteiger partial charge on any atom is 0.139 e. The first-order valence-corrected chi connectivity index (χ1v) is 7.53. The molecular formula is C14H22ClNO2S. The smallest absolute Gasteiger partial charge is 0.139 e. The van der Waals surface area contributed by atoms with E-state index in [-0.39, 0.29) is 19.0 Å². The molecule has 19 heavy (non-hydrogen) atoms. The largest absolute Gasteiger partial charge is 0.396 e. The molecule has 1 atom stereocenters. The van der Waals surface area contributed by atoms with Crippen LogP contribution in [0.5, 0.6) is 0 Å². The lowest BCUT2D eigenvalue weighted by atomic mass is 9.99. The average Bonchev–Trinajstić information content (AvgIpc) is 2.89. The Morgan fingerprint density at radius 2 is 2.37 bits per heavy atom. The van der Waals surface area contributed by atoms with Crippen molar-refractivity contribution in [3.63, 3.8) is 0 Å². The van der Waals surface area contributed by atoms with Crippen LogP contribution in [0.15, 0.2) is 17.5 Å². The quantitative estimate of drug-likeness (QED) is 0.877. The normalized spacial score (nSPS) is 19.9. The molecule has 1 fully saturated rings. The van der Waals surface area contributed by atoms with Crippen molar-refractivity contribution in [1.29, 1.82) is 0 Å². The van der Waals surface area contributed by atoms with Gasteiger partial charge in [-0.05, 0) is 36.8 Å².